The molecule has 23 heavy (non-hydrogen) atoms. The molecule has 1 aliphatic carbocycles. The van der Waals surface area contributed by atoms with Gasteiger partial charge in [-0.15, -0.1) is 0 Å². The van der Waals surface area contributed by atoms with Crippen LogP contribution >= 0.6 is 0 Å². The fourth-order valence-corrected chi connectivity index (χ4v) is 2.89. The predicted molar refractivity (Wildman–Crippen MR) is 86.8 cm³/mol. The highest BCUT2D eigenvalue weighted by Crippen LogP contribution is 2.30. The van der Waals surface area contributed by atoms with Crippen molar-refractivity contribution in [1.29, 1.82) is 0 Å². The van der Waals surface area contributed by atoms with Crippen molar-refractivity contribution < 1.29 is 13.9 Å². The minimum atomic E-state index is -0.355. The molecule has 1 aliphatic heterocycles. The van der Waals surface area contributed by atoms with Crippen molar-refractivity contribution in [1.82, 2.24) is 10.6 Å². The molecule has 2 fully saturated rings. The van der Waals surface area contributed by atoms with Crippen molar-refractivity contribution in [2.45, 2.75) is 38.6 Å². The van der Waals surface area contributed by atoms with Gasteiger partial charge in [0.2, 0.25) is 5.91 Å². The Morgan fingerprint density at radius 3 is 2.74 bits per heavy atom. The van der Waals surface area contributed by atoms with Crippen LogP contribution in [-0.2, 0) is 4.79 Å². The number of rotatable bonds is 6. The number of carbonyl (C=O) groups excluding carboxylic acids is 1. The Morgan fingerprint density at radius 1 is 1.35 bits per heavy atom. The van der Waals surface area contributed by atoms with Crippen molar-refractivity contribution in [3.63, 3.8) is 0 Å². The van der Waals surface area contributed by atoms with E-state index < -0.39 is 0 Å². The van der Waals surface area contributed by atoms with Crippen molar-refractivity contribution in [2.75, 3.05) is 19.7 Å². The van der Waals surface area contributed by atoms with Crippen LogP contribution in [0.25, 0.3) is 0 Å². The average molecular weight is 320 g/mol. The quantitative estimate of drug-likeness (QED) is 0.847. The van der Waals surface area contributed by atoms with E-state index in [9.17, 15) is 9.18 Å². The number of amides is 1. The maximum Gasteiger partial charge on any atom is 0.223 e. The Bertz CT molecular complexity index is 554. The highest BCUT2D eigenvalue weighted by Gasteiger charge is 2.24. The minimum absolute atomic E-state index is 0.0599. The van der Waals surface area contributed by atoms with Gasteiger partial charge in [-0.2, -0.15) is 0 Å². The zero-order valence-corrected chi connectivity index (χ0v) is 13.6. The molecule has 1 aromatic rings. The van der Waals surface area contributed by atoms with E-state index in [2.05, 4.69) is 10.6 Å². The molecule has 2 aliphatic rings. The maximum atomic E-state index is 14.1. The van der Waals surface area contributed by atoms with Crippen LogP contribution in [0, 0.1) is 17.7 Å². The fraction of sp³-hybridized carbons (Fsp3) is 0.611. The van der Waals surface area contributed by atoms with E-state index in [0.717, 1.165) is 31.5 Å². The molecular weight excluding hydrogens is 295 g/mol. The lowest BCUT2D eigenvalue weighted by molar-refractivity contribution is -0.126. The van der Waals surface area contributed by atoms with Gasteiger partial charge >= 0.3 is 0 Å². The van der Waals surface area contributed by atoms with Crippen molar-refractivity contribution in [3.05, 3.63) is 29.6 Å². The number of benzene rings is 1. The molecule has 0 aromatic heterocycles. The molecular formula is C18H25FN2O2. The van der Waals surface area contributed by atoms with Gasteiger partial charge in [0.25, 0.3) is 0 Å². The second-order valence-electron chi connectivity index (χ2n) is 6.70. The summed E-state index contributed by atoms with van der Waals surface area (Å²) in [7, 11) is 0. The summed E-state index contributed by atoms with van der Waals surface area (Å²) in [4.78, 5) is 12.3. The monoisotopic (exact) mass is 320 g/mol. The van der Waals surface area contributed by atoms with Crippen LogP contribution < -0.4 is 15.4 Å². The molecule has 1 aromatic carbocycles. The fourth-order valence-electron chi connectivity index (χ4n) is 2.89. The normalized spacial score (nSPS) is 20.1. The van der Waals surface area contributed by atoms with Gasteiger partial charge in [-0.25, -0.2) is 4.39 Å². The third-order valence-electron chi connectivity index (χ3n) is 4.70. The predicted octanol–water partition coefficient (Wildman–Crippen LogP) is 2.79. The average Bonchev–Trinajstić information content (AvgIpc) is 3.38. The minimum Gasteiger partial charge on any atom is -0.490 e. The number of carbonyl (C=O) groups is 1. The molecule has 5 heteroatoms. The van der Waals surface area contributed by atoms with Gasteiger partial charge in [0.1, 0.15) is 0 Å². The van der Waals surface area contributed by atoms with E-state index >= 15 is 0 Å². The first-order valence-corrected chi connectivity index (χ1v) is 8.57. The molecule has 1 atom stereocenters. The zero-order chi connectivity index (χ0) is 16.2. The van der Waals surface area contributed by atoms with Crippen molar-refractivity contribution >= 4 is 5.91 Å². The van der Waals surface area contributed by atoms with Gasteiger partial charge in [0.05, 0.1) is 12.6 Å². The summed E-state index contributed by atoms with van der Waals surface area (Å²) < 4.78 is 19.6. The zero-order valence-electron chi connectivity index (χ0n) is 13.6. The second kappa shape index (κ2) is 7.30. The van der Waals surface area contributed by atoms with Crippen LogP contribution in [0.1, 0.15) is 44.2 Å². The molecule has 0 spiro atoms. The highest BCUT2D eigenvalue weighted by atomic mass is 19.1. The third kappa shape index (κ3) is 4.44. The molecule has 0 bridgehead atoms. The summed E-state index contributed by atoms with van der Waals surface area (Å²) in [6.45, 7) is 4.25. The summed E-state index contributed by atoms with van der Waals surface area (Å²) in [5.74, 6) is 0.666. The molecule has 3 rings (SSSR count). The number of hydrogen-bond donors (Lipinski definition) is 2. The van der Waals surface area contributed by atoms with E-state index in [1.54, 1.807) is 6.07 Å². The number of nitrogens with one attached hydrogen (secondary N) is 2. The summed E-state index contributed by atoms with van der Waals surface area (Å²) in [6.07, 6.45) is 4.08. The van der Waals surface area contributed by atoms with E-state index in [-0.39, 0.29) is 23.7 Å². The maximum absolute atomic E-state index is 14.1. The Hall–Kier alpha value is -1.62. The van der Waals surface area contributed by atoms with E-state index in [1.165, 1.54) is 18.9 Å². The number of hydrogen-bond acceptors (Lipinski definition) is 3. The summed E-state index contributed by atoms with van der Waals surface area (Å²) >= 11 is 0. The lowest BCUT2D eigenvalue weighted by Crippen LogP contribution is -2.39. The van der Waals surface area contributed by atoms with Gasteiger partial charge in [0, 0.05) is 5.92 Å². The van der Waals surface area contributed by atoms with Crippen LogP contribution in [0.15, 0.2) is 18.2 Å². The first-order chi connectivity index (χ1) is 11.1. The van der Waals surface area contributed by atoms with E-state index in [1.807, 2.05) is 13.0 Å². The summed E-state index contributed by atoms with van der Waals surface area (Å²) in [6, 6.07) is 4.76. The van der Waals surface area contributed by atoms with Gasteiger partial charge in [0.15, 0.2) is 11.6 Å². The van der Waals surface area contributed by atoms with E-state index in [0.29, 0.717) is 18.3 Å². The molecule has 4 nitrogen and oxygen atoms in total. The van der Waals surface area contributed by atoms with Crippen LogP contribution in [0.4, 0.5) is 4.39 Å². The van der Waals surface area contributed by atoms with E-state index in [4.69, 9.17) is 4.74 Å². The lowest BCUT2D eigenvalue weighted by atomic mass is 9.96. The van der Waals surface area contributed by atoms with Gasteiger partial charge in [-0.3, -0.25) is 4.79 Å². The second-order valence-corrected chi connectivity index (χ2v) is 6.70. The Morgan fingerprint density at radius 2 is 2.09 bits per heavy atom. The Kier molecular flexibility index (Phi) is 5.16. The third-order valence-corrected chi connectivity index (χ3v) is 4.70. The van der Waals surface area contributed by atoms with Gasteiger partial charge in [-0.1, -0.05) is 6.07 Å². The molecule has 1 saturated heterocycles. The molecule has 1 heterocycles. The molecule has 2 N–H and O–H groups in total. The van der Waals surface area contributed by atoms with Crippen molar-refractivity contribution in [3.8, 4) is 5.75 Å². The standard InChI is InChI=1S/C18H25FN2O2/c1-12(21-18(22)14-6-8-20-9-7-14)15-4-5-17(16(19)10-15)23-11-13-2-3-13/h4-5,10,12-14,20H,2-3,6-9,11H2,1H3,(H,21,22). The SMILES string of the molecule is CC(NC(=O)C1CCNCC1)c1ccc(OCC2CC2)c(F)c1. The number of piperidine rings is 1. The van der Waals surface area contributed by atoms with Gasteiger partial charge < -0.3 is 15.4 Å². The summed E-state index contributed by atoms with van der Waals surface area (Å²) in [5, 5.41) is 6.25. The van der Waals surface area contributed by atoms with Crippen LogP contribution in [-0.4, -0.2) is 25.6 Å². The highest BCUT2D eigenvalue weighted by molar-refractivity contribution is 5.79. The molecule has 0 radical (unpaired) electrons. The van der Waals surface area contributed by atoms with Crippen LogP contribution in [0.5, 0.6) is 5.75 Å². The Balaban J connectivity index is 1.56. The lowest BCUT2D eigenvalue weighted by Gasteiger charge is -2.24. The molecule has 1 saturated carbocycles. The summed E-state index contributed by atoms with van der Waals surface area (Å²) in [5.41, 5.74) is 0.767. The largest absolute Gasteiger partial charge is 0.490 e. The van der Waals surface area contributed by atoms with Crippen LogP contribution in [0.2, 0.25) is 0 Å². The Labute approximate surface area is 136 Å². The van der Waals surface area contributed by atoms with Crippen LogP contribution in [0.3, 0.4) is 0 Å². The smallest absolute Gasteiger partial charge is 0.223 e. The first kappa shape index (κ1) is 16.2. The molecule has 1 amide bonds. The van der Waals surface area contributed by atoms with Gasteiger partial charge in [-0.05, 0) is 69.3 Å². The van der Waals surface area contributed by atoms with Crippen molar-refractivity contribution in [2.24, 2.45) is 11.8 Å². The number of halogens is 1. The molecule has 126 valence electrons. The number of ether oxygens (including phenoxy) is 1. The first-order valence-electron chi connectivity index (χ1n) is 8.57. The molecule has 1 unspecified atom stereocenters. The topological polar surface area (TPSA) is 50.4 Å².